The van der Waals surface area contributed by atoms with Crippen molar-refractivity contribution in [3.8, 4) is 0 Å². The first-order valence-corrected chi connectivity index (χ1v) is 7.20. The van der Waals surface area contributed by atoms with Gasteiger partial charge in [-0.1, -0.05) is 29.8 Å². The number of hydrogen-bond donors (Lipinski definition) is 3. The summed E-state index contributed by atoms with van der Waals surface area (Å²) in [5.74, 6) is -0.572. The van der Waals surface area contributed by atoms with Crippen LogP contribution in [0.2, 0.25) is 0 Å². The Labute approximate surface area is 132 Å². The Morgan fingerprint density at radius 2 is 2.00 bits per heavy atom. The molecular weight excluding hydrogens is 292 g/mol. The van der Waals surface area contributed by atoms with E-state index < -0.39 is 0 Å². The third-order valence-electron chi connectivity index (χ3n) is 3.44. The fourth-order valence-corrected chi connectivity index (χ4v) is 2.32. The van der Waals surface area contributed by atoms with Crippen molar-refractivity contribution < 1.29 is 9.59 Å². The monoisotopic (exact) mass is 308 g/mol. The molecule has 1 heterocycles. The van der Waals surface area contributed by atoms with Crippen LogP contribution in [-0.2, 0) is 4.79 Å². The second-order valence-electron chi connectivity index (χ2n) is 5.24. The third-order valence-corrected chi connectivity index (χ3v) is 3.44. The molecule has 1 aromatic heterocycles. The van der Waals surface area contributed by atoms with Crippen LogP contribution in [0.15, 0.2) is 48.7 Å². The number of aromatic nitrogens is 2. The molecule has 0 saturated carbocycles. The minimum atomic E-state index is -0.298. The highest BCUT2D eigenvalue weighted by atomic mass is 16.2. The van der Waals surface area contributed by atoms with Crippen molar-refractivity contribution in [3.63, 3.8) is 0 Å². The summed E-state index contributed by atoms with van der Waals surface area (Å²) in [6.45, 7) is 1.81. The maximum Gasteiger partial charge on any atom is 0.251 e. The van der Waals surface area contributed by atoms with Gasteiger partial charge in [-0.3, -0.25) is 14.7 Å². The standard InChI is InChI=1S/C17H16N4O2/c1-11-4-2-5-12(8-11)17(23)18-10-15(22)20-14-7-3-6-13-9-19-21-16(13)14/h2-9H,10H2,1H3,(H,18,23)(H,19,21)(H,20,22). The average Bonchev–Trinajstić information content (AvgIpc) is 3.02. The van der Waals surface area contributed by atoms with Crippen molar-refractivity contribution in [2.75, 3.05) is 11.9 Å². The van der Waals surface area contributed by atoms with Crippen LogP contribution in [0.5, 0.6) is 0 Å². The molecule has 3 rings (SSSR count). The second kappa shape index (κ2) is 6.31. The molecule has 0 unspecified atom stereocenters. The molecule has 2 amide bonds. The third kappa shape index (κ3) is 3.37. The molecule has 6 nitrogen and oxygen atoms in total. The number of benzene rings is 2. The van der Waals surface area contributed by atoms with E-state index in [0.717, 1.165) is 16.5 Å². The van der Waals surface area contributed by atoms with Crippen molar-refractivity contribution >= 4 is 28.4 Å². The van der Waals surface area contributed by atoms with Crippen LogP contribution in [0.3, 0.4) is 0 Å². The summed E-state index contributed by atoms with van der Waals surface area (Å²) in [6, 6.07) is 12.7. The van der Waals surface area contributed by atoms with E-state index in [0.29, 0.717) is 11.3 Å². The van der Waals surface area contributed by atoms with Crippen LogP contribution < -0.4 is 10.6 Å². The largest absolute Gasteiger partial charge is 0.343 e. The van der Waals surface area contributed by atoms with E-state index in [2.05, 4.69) is 20.8 Å². The first-order chi connectivity index (χ1) is 11.1. The lowest BCUT2D eigenvalue weighted by molar-refractivity contribution is -0.115. The number of anilines is 1. The summed E-state index contributed by atoms with van der Waals surface area (Å²) >= 11 is 0. The highest BCUT2D eigenvalue weighted by molar-refractivity contribution is 6.03. The van der Waals surface area contributed by atoms with E-state index in [1.807, 2.05) is 31.2 Å². The average molecular weight is 308 g/mol. The fourth-order valence-electron chi connectivity index (χ4n) is 2.32. The number of carbonyl (C=O) groups is 2. The highest BCUT2D eigenvalue weighted by Crippen LogP contribution is 2.20. The molecule has 3 aromatic rings. The molecule has 6 heteroatoms. The van der Waals surface area contributed by atoms with Crippen molar-refractivity contribution in [2.45, 2.75) is 6.92 Å². The number of rotatable bonds is 4. The number of H-pyrrole nitrogens is 1. The van der Waals surface area contributed by atoms with E-state index >= 15 is 0 Å². The number of hydrogen-bond acceptors (Lipinski definition) is 3. The van der Waals surface area contributed by atoms with E-state index in [1.54, 1.807) is 24.4 Å². The lowest BCUT2D eigenvalue weighted by atomic mass is 10.1. The van der Waals surface area contributed by atoms with Gasteiger partial charge in [-0.15, -0.1) is 0 Å². The van der Waals surface area contributed by atoms with Crippen LogP contribution in [-0.4, -0.2) is 28.6 Å². The van der Waals surface area contributed by atoms with Crippen LogP contribution in [0.25, 0.3) is 10.9 Å². The summed E-state index contributed by atoms with van der Waals surface area (Å²) in [5.41, 5.74) is 2.92. The molecule has 0 fully saturated rings. The van der Waals surface area contributed by atoms with Crippen LogP contribution in [0, 0.1) is 6.92 Å². The predicted molar refractivity (Wildman–Crippen MR) is 88.2 cm³/mol. The smallest absolute Gasteiger partial charge is 0.251 e. The zero-order valence-electron chi connectivity index (χ0n) is 12.6. The highest BCUT2D eigenvalue weighted by Gasteiger charge is 2.10. The van der Waals surface area contributed by atoms with Crippen LogP contribution in [0.1, 0.15) is 15.9 Å². The van der Waals surface area contributed by atoms with Crippen molar-refractivity contribution in [1.82, 2.24) is 15.5 Å². The number of carbonyl (C=O) groups excluding carboxylic acids is 2. The number of aryl methyl sites for hydroxylation is 1. The Balaban J connectivity index is 1.62. The van der Waals surface area contributed by atoms with Gasteiger partial charge in [0, 0.05) is 10.9 Å². The van der Waals surface area contributed by atoms with E-state index in [4.69, 9.17) is 0 Å². The maximum absolute atomic E-state index is 12.0. The zero-order valence-corrected chi connectivity index (χ0v) is 12.6. The fraction of sp³-hybridized carbons (Fsp3) is 0.118. The number of nitrogens with one attached hydrogen (secondary N) is 3. The Morgan fingerprint density at radius 3 is 2.83 bits per heavy atom. The minimum absolute atomic E-state index is 0.0999. The number of nitrogens with zero attached hydrogens (tertiary/aromatic N) is 1. The molecule has 0 aliphatic rings. The normalized spacial score (nSPS) is 10.5. The predicted octanol–water partition coefficient (Wildman–Crippen LogP) is 2.24. The molecule has 0 spiro atoms. The summed E-state index contributed by atoms with van der Waals surface area (Å²) in [6.07, 6.45) is 1.69. The molecule has 2 aromatic carbocycles. The Kier molecular flexibility index (Phi) is 4.05. The van der Waals surface area contributed by atoms with E-state index in [9.17, 15) is 9.59 Å². The molecular formula is C17H16N4O2. The summed E-state index contributed by atoms with van der Waals surface area (Å²) in [4.78, 5) is 24.0. The molecule has 3 N–H and O–H groups in total. The van der Waals surface area contributed by atoms with Crippen LogP contribution >= 0.6 is 0 Å². The van der Waals surface area contributed by atoms with Gasteiger partial charge in [0.15, 0.2) is 0 Å². The van der Waals surface area contributed by atoms with Gasteiger partial charge in [0.25, 0.3) is 5.91 Å². The Bertz CT molecular complexity index is 870. The Morgan fingerprint density at radius 1 is 1.17 bits per heavy atom. The van der Waals surface area contributed by atoms with Gasteiger partial charge in [0.2, 0.25) is 5.91 Å². The van der Waals surface area contributed by atoms with Crippen LogP contribution in [0.4, 0.5) is 5.69 Å². The zero-order chi connectivity index (χ0) is 16.2. The maximum atomic E-state index is 12.0. The van der Waals surface area contributed by atoms with Gasteiger partial charge in [-0.25, -0.2) is 0 Å². The summed E-state index contributed by atoms with van der Waals surface area (Å²) < 4.78 is 0. The van der Waals surface area contributed by atoms with Crippen molar-refractivity contribution in [1.29, 1.82) is 0 Å². The first kappa shape index (κ1) is 14.8. The quantitative estimate of drug-likeness (QED) is 0.691. The number of fused-ring (bicyclic) bond motifs is 1. The van der Waals surface area contributed by atoms with Gasteiger partial charge in [0.1, 0.15) is 0 Å². The SMILES string of the molecule is Cc1cccc(C(=O)NCC(=O)Nc2cccc3cn[nH]c23)c1. The molecule has 0 radical (unpaired) electrons. The van der Waals surface area contributed by atoms with Gasteiger partial charge < -0.3 is 10.6 Å². The van der Waals surface area contributed by atoms with Gasteiger partial charge >= 0.3 is 0 Å². The number of amides is 2. The Hall–Kier alpha value is -3.15. The number of aromatic amines is 1. The van der Waals surface area contributed by atoms with E-state index in [1.165, 1.54) is 0 Å². The number of para-hydroxylation sites is 1. The molecule has 0 aliphatic carbocycles. The molecule has 0 bridgehead atoms. The van der Waals surface area contributed by atoms with Gasteiger partial charge in [0.05, 0.1) is 23.9 Å². The topological polar surface area (TPSA) is 86.9 Å². The van der Waals surface area contributed by atoms with E-state index in [-0.39, 0.29) is 18.4 Å². The van der Waals surface area contributed by atoms with Gasteiger partial charge in [-0.05, 0) is 25.1 Å². The molecule has 23 heavy (non-hydrogen) atoms. The molecule has 0 saturated heterocycles. The van der Waals surface area contributed by atoms with Crippen molar-refractivity contribution in [3.05, 3.63) is 59.8 Å². The lowest BCUT2D eigenvalue weighted by Crippen LogP contribution is -2.32. The molecule has 0 atom stereocenters. The van der Waals surface area contributed by atoms with Gasteiger partial charge in [-0.2, -0.15) is 5.10 Å². The second-order valence-corrected chi connectivity index (χ2v) is 5.24. The minimum Gasteiger partial charge on any atom is -0.343 e. The summed E-state index contributed by atoms with van der Waals surface area (Å²) in [7, 11) is 0. The van der Waals surface area contributed by atoms with Crippen molar-refractivity contribution in [2.24, 2.45) is 0 Å². The molecule has 0 aliphatic heterocycles. The summed E-state index contributed by atoms with van der Waals surface area (Å²) in [5, 5.41) is 13.1. The first-order valence-electron chi connectivity index (χ1n) is 7.20. The lowest BCUT2D eigenvalue weighted by Gasteiger charge is -2.08. The molecule has 116 valence electrons.